The first-order valence-corrected chi connectivity index (χ1v) is 7.24. The van der Waals surface area contributed by atoms with E-state index in [4.69, 9.17) is 5.73 Å². The quantitative estimate of drug-likeness (QED) is 0.786. The second-order valence-electron chi connectivity index (χ2n) is 3.17. The highest BCUT2D eigenvalue weighted by atomic mass is 32.2. The summed E-state index contributed by atoms with van der Waals surface area (Å²) >= 11 is 1.30. The summed E-state index contributed by atoms with van der Waals surface area (Å²) in [5.74, 6) is 0.170. The van der Waals surface area contributed by atoms with Crippen LogP contribution in [0, 0.1) is 0 Å². The van der Waals surface area contributed by atoms with Crippen LogP contribution in [0.2, 0.25) is 0 Å². The van der Waals surface area contributed by atoms with Gasteiger partial charge in [-0.3, -0.25) is 0 Å². The molecule has 0 spiro atoms. The van der Waals surface area contributed by atoms with Gasteiger partial charge in [0.25, 0.3) is 0 Å². The molecule has 0 atom stereocenters. The molecule has 0 aliphatic heterocycles. The Kier molecular flexibility index (Phi) is 4.49. The number of hydrogen-bond acceptors (Lipinski definition) is 5. The van der Waals surface area contributed by atoms with Gasteiger partial charge in [0.15, 0.2) is 5.13 Å². The Labute approximate surface area is 93.8 Å². The first kappa shape index (κ1) is 12.4. The van der Waals surface area contributed by atoms with Crippen molar-refractivity contribution >= 4 is 26.5 Å². The van der Waals surface area contributed by atoms with Gasteiger partial charge in [-0.15, -0.1) is 11.3 Å². The van der Waals surface area contributed by atoms with E-state index in [2.05, 4.69) is 9.71 Å². The predicted molar refractivity (Wildman–Crippen MR) is 62.1 cm³/mol. The van der Waals surface area contributed by atoms with E-state index in [1.165, 1.54) is 11.3 Å². The molecule has 0 bridgehead atoms. The van der Waals surface area contributed by atoms with Gasteiger partial charge in [0, 0.05) is 5.38 Å². The molecule has 5 nitrogen and oxygen atoms in total. The lowest BCUT2D eigenvalue weighted by Crippen LogP contribution is -2.26. The van der Waals surface area contributed by atoms with Crippen molar-refractivity contribution in [3.05, 3.63) is 11.1 Å². The molecular weight excluding hydrogens is 234 g/mol. The molecular formula is C8H15N3O2S2. The summed E-state index contributed by atoms with van der Waals surface area (Å²) in [7, 11) is -3.16. The summed E-state index contributed by atoms with van der Waals surface area (Å²) in [6.07, 6.45) is 1.54. The predicted octanol–water partition coefficient (Wildman–Crippen LogP) is 0.945. The van der Waals surface area contributed by atoms with Crippen LogP contribution in [0.15, 0.2) is 5.38 Å². The SMILES string of the molecule is CCCCS(=O)(=O)NCc1csc(N)n1. The Morgan fingerprint density at radius 1 is 1.60 bits per heavy atom. The zero-order valence-electron chi connectivity index (χ0n) is 8.56. The number of nitrogens with zero attached hydrogens (tertiary/aromatic N) is 1. The average Bonchev–Trinajstić information content (AvgIpc) is 2.59. The van der Waals surface area contributed by atoms with Crippen LogP contribution in [0.3, 0.4) is 0 Å². The third-order valence-corrected chi connectivity index (χ3v) is 3.94. The van der Waals surface area contributed by atoms with Crippen LogP contribution in [-0.2, 0) is 16.6 Å². The standard InChI is InChI=1S/C8H15N3O2S2/c1-2-3-4-15(12,13)10-5-7-6-14-8(9)11-7/h6,10H,2-5H2,1H3,(H2,9,11). The number of aromatic nitrogens is 1. The van der Waals surface area contributed by atoms with Gasteiger partial charge >= 0.3 is 0 Å². The third kappa shape index (κ3) is 4.59. The van der Waals surface area contributed by atoms with Gasteiger partial charge < -0.3 is 5.73 Å². The minimum atomic E-state index is -3.16. The molecule has 1 heterocycles. The lowest BCUT2D eigenvalue weighted by molar-refractivity contribution is 0.577. The molecule has 0 aliphatic rings. The van der Waals surface area contributed by atoms with Gasteiger partial charge in [-0.1, -0.05) is 13.3 Å². The molecule has 1 aromatic heterocycles. The monoisotopic (exact) mass is 249 g/mol. The minimum absolute atomic E-state index is 0.170. The van der Waals surface area contributed by atoms with Crippen molar-refractivity contribution in [2.75, 3.05) is 11.5 Å². The Morgan fingerprint density at radius 2 is 2.33 bits per heavy atom. The maximum atomic E-state index is 11.4. The van der Waals surface area contributed by atoms with Crippen LogP contribution < -0.4 is 10.5 Å². The molecule has 0 fully saturated rings. The number of unbranched alkanes of at least 4 members (excludes halogenated alkanes) is 1. The van der Waals surface area contributed by atoms with E-state index in [1.807, 2.05) is 6.92 Å². The number of thiazole rings is 1. The fourth-order valence-corrected chi connectivity index (χ4v) is 2.74. The highest BCUT2D eigenvalue weighted by molar-refractivity contribution is 7.89. The molecule has 0 amide bonds. The second-order valence-corrected chi connectivity index (χ2v) is 5.99. The highest BCUT2D eigenvalue weighted by Crippen LogP contribution is 2.10. The Bertz CT molecular complexity index is 400. The molecule has 7 heteroatoms. The Hall–Kier alpha value is -0.660. The second kappa shape index (κ2) is 5.43. The van der Waals surface area contributed by atoms with Crippen molar-refractivity contribution < 1.29 is 8.42 Å². The summed E-state index contributed by atoms with van der Waals surface area (Å²) < 4.78 is 25.3. The van der Waals surface area contributed by atoms with E-state index in [1.54, 1.807) is 5.38 Å². The van der Waals surface area contributed by atoms with E-state index in [9.17, 15) is 8.42 Å². The summed E-state index contributed by atoms with van der Waals surface area (Å²) in [6.45, 7) is 2.18. The van der Waals surface area contributed by atoms with Crippen molar-refractivity contribution in [3.8, 4) is 0 Å². The maximum Gasteiger partial charge on any atom is 0.211 e. The lowest BCUT2D eigenvalue weighted by atomic mass is 10.4. The molecule has 0 unspecified atom stereocenters. The highest BCUT2D eigenvalue weighted by Gasteiger charge is 2.09. The van der Waals surface area contributed by atoms with Crippen molar-refractivity contribution in [2.24, 2.45) is 0 Å². The molecule has 1 rings (SSSR count). The van der Waals surface area contributed by atoms with Crippen LogP contribution in [0.1, 0.15) is 25.5 Å². The van der Waals surface area contributed by atoms with Crippen LogP contribution >= 0.6 is 11.3 Å². The molecule has 0 aromatic carbocycles. The molecule has 0 saturated carbocycles. The fourth-order valence-electron chi connectivity index (χ4n) is 0.994. The van der Waals surface area contributed by atoms with Crippen LogP contribution in [0.25, 0.3) is 0 Å². The normalized spacial score (nSPS) is 11.8. The topological polar surface area (TPSA) is 85.1 Å². The fraction of sp³-hybridized carbons (Fsp3) is 0.625. The number of nitrogen functional groups attached to an aromatic ring is 1. The van der Waals surface area contributed by atoms with E-state index < -0.39 is 10.0 Å². The molecule has 3 N–H and O–H groups in total. The summed E-state index contributed by atoms with van der Waals surface area (Å²) in [4.78, 5) is 3.96. The molecule has 1 aromatic rings. The zero-order valence-corrected chi connectivity index (χ0v) is 10.2. The van der Waals surface area contributed by atoms with Crippen molar-refractivity contribution in [1.82, 2.24) is 9.71 Å². The largest absolute Gasteiger partial charge is 0.375 e. The van der Waals surface area contributed by atoms with E-state index in [-0.39, 0.29) is 12.3 Å². The number of rotatable bonds is 6. The van der Waals surface area contributed by atoms with Gasteiger partial charge in [0.2, 0.25) is 10.0 Å². The summed E-state index contributed by atoms with van der Waals surface area (Å²) in [6, 6.07) is 0. The molecule has 0 radical (unpaired) electrons. The summed E-state index contributed by atoms with van der Waals surface area (Å²) in [5, 5.41) is 2.20. The Balaban J connectivity index is 2.42. The van der Waals surface area contributed by atoms with Crippen molar-refractivity contribution in [3.63, 3.8) is 0 Å². The Morgan fingerprint density at radius 3 is 2.87 bits per heavy atom. The number of hydrogen-bond donors (Lipinski definition) is 2. The van der Waals surface area contributed by atoms with E-state index in [0.717, 1.165) is 6.42 Å². The smallest absolute Gasteiger partial charge is 0.211 e. The average molecular weight is 249 g/mol. The van der Waals surface area contributed by atoms with Gasteiger partial charge in [0.1, 0.15) is 0 Å². The first-order chi connectivity index (χ1) is 7.03. The van der Waals surface area contributed by atoms with Gasteiger partial charge in [-0.05, 0) is 6.42 Å². The van der Waals surface area contributed by atoms with E-state index >= 15 is 0 Å². The van der Waals surface area contributed by atoms with Gasteiger partial charge in [0.05, 0.1) is 18.0 Å². The minimum Gasteiger partial charge on any atom is -0.375 e. The van der Waals surface area contributed by atoms with Gasteiger partial charge in [-0.25, -0.2) is 18.1 Å². The number of nitrogens with one attached hydrogen (secondary N) is 1. The zero-order chi connectivity index (χ0) is 11.3. The molecule has 0 aliphatic carbocycles. The lowest BCUT2D eigenvalue weighted by Gasteiger charge is -2.03. The van der Waals surface area contributed by atoms with E-state index in [0.29, 0.717) is 17.2 Å². The molecule has 86 valence electrons. The van der Waals surface area contributed by atoms with Crippen molar-refractivity contribution in [1.29, 1.82) is 0 Å². The first-order valence-electron chi connectivity index (χ1n) is 4.70. The van der Waals surface area contributed by atoms with Crippen LogP contribution in [0.5, 0.6) is 0 Å². The maximum absolute atomic E-state index is 11.4. The number of sulfonamides is 1. The molecule has 0 saturated heterocycles. The summed E-state index contributed by atoms with van der Waals surface area (Å²) in [5.41, 5.74) is 6.09. The number of anilines is 1. The van der Waals surface area contributed by atoms with Crippen LogP contribution in [-0.4, -0.2) is 19.2 Å². The number of nitrogens with two attached hydrogens (primary N) is 1. The van der Waals surface area contributed by atoms with Crippen molar-refractivity contribution in [2.45, 2.75) is 26.3 Å². The third-order valence-electron chi connectivity index (χ3n) is 1.81. The molecule has 15 heavy (non-hydrogen) atoms. The van der Waals surface area contributed by atoms with Gasteiger partial charge in [-0.2, -0.15) is 0 Å². The van der Waals surface area contributed by atoms with Crippen LogP contribution in [0.4, 0.5) is 5.13 Å².